The van der Waals surface area contributed by atoms with Crippen LogP contribution in [0.2, 0.25) is 5.15 Å². The average molecular weight is 501 g/mol. The zero-order chi connectivity index (χ0) is 25.0. The summed E-state index contributed by atoms with van der Waals surface area (Å²) in [5.41, 5.74) is 3.34. The van der Waals surface area contributed by atoms with Crippen molar-refractivity contribution in [2.45, 2.75) is 71.1 Å². The van der Waals surface area contributed by atoms with Gasteiger partial charge in [-0.05, 0) is 63.1 Å². The number of ether oxygens (including phenoxy) is 2. The second-order valence-corrected chi connectivity index (χ2v) is 10.5. The van der Waals surface area contributed by atoms with E-state index in [1.54, 1.807) is 9.80 Å². The van der Waals surface area contributed by atoms with Crippen molar-refractivity contribution in [1.29, 1.82) is 0 Å². The maximum absolute atomic E-state index is 13.1. The molecule has 1 saturated heterocycles. The van der Waals surface area contributed by atoms with Gasteiger partial charge in [0, 0.05) is 26.1 Å². The highest BCUT2D eigenvalue weighted by Crippen LogP contribution is 2.29. The molecule has 0 bridgehead atoms. The Balaban J connectivity index is 1.54. The summed E-state index contributed by atoms with van der Waals surface area (Å²) in [6.45, 7) is 6.76. The third-order valence-corrected chi connectivity index (χ3v) is 6.63. The molecule has 1 fully saturated rings. The van der Waals surface area contributed by atoms with Crippen LogP contribution in [0, 0.1) is 0 Å². The molecule has 0 N–H and O–H groups in total. The van der Waals surface area contributed by atoms with E-state index in [0.717, 1.165) is 48.1 Å². The molecule has 2 amide bonds. The normalized spacial score (nSPS) is 18.1. The van der Waals surface area contributed by atoms with E-state index in [2.05, 4.69) is 10.2 Å². The number of carbonyl (C=O) groups is 2. The summed E-state index contributed by atoms with van der Waals surface area (Å²) < 4.78 is 11.2. The Morgan fingerprint density at radius 3 is 2.46 bits per heavy atom. The van der Waals surface area contributed by atoms with Crippen molar-refractivity contribution in [3.8, 4) is 0 Å². The molecular weight excluding hydrogens is 468 g/mol. The Hall–Kier alpha value is -2.87. The number of aromatic nitrogens is 2. The summed E-state index contributed by atoms with van der Waals surface area (Å²) in [7, 11) is 0. The summed E-state index contributed by atoms with van der Waals surface area (Å²) >= 11 is 6.33. The first-order valence-corrected chi connectivity index (χ1v) is 12.6. The molecule has 2 aliphatic rings. The number of amides is 2. The molecule has 1 aliphatic heterocycles. The van der Waals surface area contributed by atoms with Crippen LogP contribution in [-0.4, -0.2) is 63.5 Å². The van der Waals surface area contributed by atoms with Gasteiger partial charge in [-0.2, -0.15) is 5.10 Å². The van der Waals surface area contributed by atoms with Gasteiger partial charge in [0.15, 0.2) is 5.15 Å². The molecule has 9 heteroatoms. The number of rotatable bonds is 4. The van der Waals surface area contributed by atoms with Gasteiger partial charge in [0.25, 0.3) is 0 Å². The minimum absolute atomic E-state index is 0.189. The highest BCUT2D eigenvalue weighted by Gasteiger charge is 2.36. The smallest absolute Gasteiger partial charge is 0.410 e. The van der Waals surface area contributed by atoms with Crippen molar-refractivity contribution >= 4 is 23.8 Å². The predicted octanol–water partition coefficient (Wildman–Crippen LogP) is 4.81. The monoisotopic (exact) mass is 500 g/mol. The molecule has 2 aromatic rings. The van der Waals surface area contributed by atoms with Crippen molar-refractivity contribution in [2.75, 3.05) is 19.6 Å². The minimum atomic E-state index is -0.598. The summed E-state index contributed by atoms with van der Waals surface area (Å²) in [6.07, 6.45) is 3.59. The molecule has 0 radical (unpaired) electrons. The predicted molar refractivity (Wildman–Crippen MR) is 132 cm³/mol. The van der Waals surface area contributed by atoms with Gasteiger partial charge < -0.3 is 19.3 Å². The molecule has 8 nitrogen and oxygen atoms in total. The van der Waals surface area contributed by atoms with Gasteiger partial charge in [0.05, 0.1) is 11.7 Å². The maximum atomic E-state index is 13.1. The minimum Gasteiger partial charge on any atom is -0.445 e. The number of carbonyl (C=O) groups excluding carboxylic acids is 2. The van der Waals surface area contributed by atoms with Gasteiger partial charge in [-0.3, -0.25) is 0 Å². The summed E-state index contributed by atoms with van der Waals surface area (Å²) in [6, 6.07) is 9.26. The molecule has 0 spiro atoms. The standard InChI is InChI=1S/C26H33ClN4O4/c1-26(2,3)35-24(32)30-13-14-31(25(33)34-17-18-9-5-4-6-10-18)19(16-30)15-22-20-11-7-8-12-21(20)23(27)29-28-22/h4-6,9-10,19H,7-8,11-17H2,1-3H3. The van der Waals surface area contributed by atoms with Crippen molar-refractivity contribution in [2.24, 2.45) is 0 Å². The highest BCUT2D eigenvalue weighted by atomic mass is 35.5. The van der Waals surface area contributed by atoms with Gasteiger partial charge in [0.1, 0.15) is 12.2 Å². The quantitative estimate of drug-likeness (QED) is 0.599. The van der Waals surface area contributed by atoms with Crippen molar-refractivity contribution in [3.05, 3.63) is 57.9 Å². The number of fused-ring (bicyclic) bond motifs is 1. The summed E-state index contributed by atoms with van der Waals surface area (Å²) in [4.78, 5) is 29.3. The van der Waals surface area contributed by atoms with Crippen molar-refractivity contribution in [3.63, 3.8) is 0 Å². The number of benzene rings is 1. The number of piperazine rings is 1. The van der Waals surface area contributed by atoms with Crippen LogP contribution >= 0.6 is 11.6 Å². The van der Waals surface area contributed by atoms with E-state index in [9.17, 15) is 9.59 Å². The molecule has 35 heavy (non-hydrogen) atoms. The van der Waals surface area contributed by atoms with Crippen LogP contribution in [0.1, 0.15) is 56.0 Å². The van der Waals surface area contributed by atoms with Crippen LogP contribution in [0.5, 0.6) is 0 Å². The first kappa shape index (κ1) is 25.2. The molecule has 188 valence electrons. The van der Waals surface area contributed by atoms with Crippen LogP contribution < -0.4 is 0 Å². The lowest BCUT2D eigenvalue weighted by molar-refractivity contribution is 0.00104. The number of hydrogen-bond donors (Lipinski definition) is 0. The van der Waals surface area contributed by atoms with E-state index >= 15 is 0 Å². The third-order valence-electron chi connectivity index (χ3n) is 6.33. The fraction of sp³-hybridized carbons (Fsp3) is 0.538. The van der Waals surface area contributed by atoms with E-state index in [1.807, 2.05) is 51.1 Å². The lowest BCUT2D eigenvalue weighted by atomic mass is 9.90. The van der Waals surface area contributed by atoms with Gasteiger partial charge in [-0.15, -0.1) is 5.10 Å². The molecule has 1 aliphatic carbocycles. The molecular formula is C26H33ClN4O4. The van der Waals surface area contributed by atoms with Gasteiger partial charge in [0.2, 0.25) is 0 Å². The van der Waals surface area contributed by atoms with Crippen LogP contribution in [0.25, 0.3) is 0 Å². The molecule has 4 rings (SSSR count). The first-order chi connectivity index (χ1) is 16.7. The van der Waals surface area contributed by atoms with Gasteiger partial charge >= 0.3 is 12.2 Å². The Bertz CT molecular complexity index is 1060. The zero-order valence-electron chi connectivity index (χ0n) is 20.6. The topological polar surface area (TPSA) is 84.9 Å². The van der Waals surface area contributed by atoms with Crippen LogP contribution in [0.3, 0.4) is 0 Å². The summed E-state index contributed by atoms with van der Waals surface area (Å²) in [5, 5.41) is 9.05. The Labute approximate surface area is 211 Å². The van der Waals surface area contributed by atoms with E-state index in [0.29, 0.717) is 31.2 Å². The third kappa shape index (κ3) is 6.42. The summed E-state index contributed by atoms with van der Waals surface area (Å²) in [5.74, 6) is 0. The Morgan fingerprint density at radius 2 is 1.74 bits per heavy atom. The average Bonchev–Trinajstić information content (AvgIpc) is 2.84. The second kappa shape index (κ2) is 10.8. The number of hydrogen-bond acceptors (Lipinski definition) is 6. The van der Waals surface area contributed by atoms with Gasteiger partial charge in [-0.1, -0.05) is 41.9 Å². The Kier molecular flexibility index (Phi) is 7.79. The number of nitrogens with zero attached hydrogens (tertiary/aromatic N) is 4. The first-order valence-electron chi connectivity index (χ1n) is 12.2. The van der Waals surface area contributed by atoms with E-state index in [4.69, 9.17) is 21.1 Å². The van der Waals surface area contributed by atoms with Crippen LogP contribution in [0.4, 0.5) is 9.59 Å². The fourth-order valence-corrected chi connectivity index (χ4v) is 4.87. The lowest BCUT2D eigenvalue weighted by Gasteiger charge is -2.41. The number of halogens is 1. The second-order valence-electron chi connectivity index (χ2n) is 10.1. The fourth-order valence-electron chi connectivity index (χ4n) is 4.63. The molecule has 1 aromatic carbocycles. The van der Waals surface area contributed by atoms with Crippen LogP contribution in [-0.2, 0) is 35.3 Å². The molecule has 2 heterocycles. The molecule has 1 aromatic heterocycles. The van der Waals surface area contributed by atoms with Gasteiger partial charge in [-0.25, -0.2) is 9.59 Å². The Morgan fingerprint density at radius 1 is 1.03 bits per heavy atom. The van der Waals surface area contributed by atoms with Crippen molar-refractivity contribution < 1.29 is 19.1 Å². The van der Waals surface area contributed by atoms with E-state index < -0.39 is 11.7 Å². The largest absolute Gasteiger partial charge is 0.445 e. The van der Waals surface area contributed by atoms with E-state index in [1.165, 1.54) is 0 Å². The van der Waals surface area contributed by atoms with Crippen LogP contribution in [0.15, 0.2) is 30.3 Å². The molecule has 0 saturated carbocycles. The lowest BCUT2D eigenvalue weighted by Crippen LogP contribution is -2.58. The SMILES string of the molecule is CC(C)(C)OC(=O)N1CCN(C(=O)OCc2ccccc2)C(Cc2nnc(Cl)c3c2CCCC3)C1. The molecule has 1 atom stereocenters. The zero-order valence-corrected chi connectivity index (χ0v) is 21.4. The molecule has 1 unspecified atom stereocenters. The maximum Gasteiger partial charge on any atom is 0.410 e. The van der Waals surface area contributed by atoms with Crippen molar-refractivity contribution in [1.82, 2.24) is 20.0 Å². The van der Waals surface area contributed by atoms with E-state index in [-0.39, 0.29) is 18.7 Å². The highest BCUT2D eigenvalue weighted by molar-refractivity contribution is 6.30.